The average Bonchev–Trinajstić information content (AvgIpc) is 2.79. The molecule has 1 atom stereocenters. The number of hydrogen-bond donors (Lipinski definition) is 4. The summed E-state index contributed by atoms with van der Waals surface area (Å²) in [6, 6.07) is 8.11. The molecule has 0 spiro atoms. The summed E-state index contributed by atoms with van der Waals surface area (Å²) in [4.78, 5) is 4.44. The summed E-state index contributed by atoms with van der Waals surface area (Å²) in [6.45, 7) is 8.07. The van der Waals surface area contributed by atoms with Crippen LogP contribution >= 0.6 is 10.8 Å². The first kappa shape index (κ1) is 23.3. The minimum atomic E-state index is -3.60. The molecule has 0 aliphatic carbocycles. The lowest BCUT2D eigenvalue weighted by atomic mass is 10.0. The van der Waals surface area contributed by atoms with E-state index in [1.807, 2.05) is 13.8 Å². The minimum Gasteiger partial charge on any atom is -0.626 e. The molecule has 1 aromatic heterocycles. The van der Waals surface area contributed by atoms with E-state index >= 15 is 0 Å². The van der Waals surface area contributed by atoms with E-state index in [-0.39, 0.29) is 47.6 Å². The van der Waals surface area contributed by atoms with Gasteiger partial charge in [-0.05, 0) is 36.6 Å². The third-order valence-electron chi connectivity index (χ3n) is 5.57. The molecule has 176 valence electrons. The Bertz CT molecular complexity index is 1150. The number of aliphatic hydroxyl groups excluding tert-OH is 1. The van der Waals surface area contributed by atoms with Crippen LogP contribution in [0.5, 0.6) is 5.75 Å². The van der Waals surface area contributed by atoms with Crippen LogP contribution in [0.15, 0.2) is 64.0 Å². The maximum atomic E-state index is 13.9. The van der Waals surface area contributed by atoms with Gasteiger partial charge in [0, 0.05) is 12.3 Å². The van der Waals surface area contributed by atoms with E-state index in [4.69, 9.17) is 4.74 Å². The number of pyridine rings is 1. The van der Waals surface area contributed by atoms with E-state index in [1.54, 1.807) is 30.3 Å². The molecule has 4 N–H and O–H groups in total. The van der Waals surface area contributed by atoms with Crippen LogP contribution < -0.4 is 14.7 Å². The first-order chi connectivity index (χ1) is 15.6. The van der Waals surface area contributed by atoms with Crippen LogP contribution in [-0.4, -0.2) is 44.7 Å². The number of aromatic nitrogens is 1. The molecule has 4 rings (SSSR count). The van der Waals surface area contributed by atoms with Crippen molar-refractivity contribution in [3.8, 4) is 5.75 Å². The second-order valence-corrected chi connectivity index (χ2v) is 10.2. The fourth-order valence-electron chi connectivity index (χ4n) is 3.85. The maximum absolute atomic E-state index is 13.9. The van der Waals surface area contributed by atoms with Gasteiger partial charge < -0.3 is 25.0 Å². The molecule has 2 aliphatic heterocycles. The van der Waals surface area contributed by atoms with Crippen molar-refractivity contribution in [2.45, 2.75) is 25.2 Å². The SMILES string of the molecule is C=CCOc1ccc2c(c1)S(O)(O)N=C(C1=C(O)c3cccnc3[N+]([O-])(CCC(C)C)C1)N2. The Morgan fingerprint density at radius 1 is 1.33 bits per heavy atom. The molecule has 1 unspecified atom stereocenters. The van der Waals surface area contributed by atoms with Gasteiger partial charge in [0.25, 0.3) is 0 Å². The predicted octanol–water partition coefficient (Wildman–Crippen LogP) is 5.33. The summed E-state index contributed by atoms with van der Waals surface area (Å²) in [7, 11) is -3.60. The second kappa shape index (κ2) is 8.81. The van der Waals surface area contributed by atoms with Gasteiger partial charge >= 0.3 is 0 Å². The number of amidine groups is 1. The van der Waals surface area contributed by atoms with Crippen molar-refractivity contribution in [2.24, 2.45) is 10.3 Å². The Labute approximate surface area is 194 Å². The maximum Gasteiger partial charge on any atom is 0.238 e. The third kappa shape index (κ3) is 4.48. The third-order valence-corrected chi connectivity index (χ3v) is 6.93. The molecule has 0 radical (unpaired) electrons. The number of aliphatic hydroxyl groups is 1. The first-order valence-corrected chi connectivity index (χ1v) is 12.1. The molecule has 0 saturated carbocycles. The number of fused-ring (bicyclic) bond motifs is 2. The molecule has 0 amide bonds. The zero-order valence-electron chi connectivity index (χ0n) is 18.6. The zero-order valence-corrected chi connectivity index (χ0v) is 19.4. The van der Waals surface area contributed by atoms with Gasteiger partial charge in [-0.25, -0.2) is 4.98 Å². The highest BCUT2D eigenvalue weighted by Gasteiger charge is 2.39. The molecule has 0 bridgehead atoms. The number of nitrogens with one attached hydrogen (secondary N) is 1. The van der Waals surface area contributed by atoms with Crippen LogP contribution in [-0.2, 0) is 0 Å². The topological polar surface area (TPSA) is 130 Å². The van der Waals surface area contributed by atoms with Crippen molar-refractivity contribution in [2.75, 3.05) is 25.0 Å². The number of ether oxygens (including phenoxy) is 1. The van der Waals surface area contributed by atoms with Gasteiger partial charge in [-0.3, -0.25) is 9.11 Å². The van der Waals surface area contributed by atoms with Crippen molar-refractivity contribution in [3.63, 3.8) is 0 Å². The molecule has 33 heavy (non-hydrogen) atoms. The Morgan fingerprint density at radius 3 is 2.85 bits per heavy atom. The normalized spacial score (nSPS) is 22.1. The molecular formula is C23H28N4O5S. The van der Waals surface area contributed by atoms with Gasteiger partial charge in [-0.1, -0.05) is 37.3 Å². The molecule has 0 fully saturated rings. The van der Waals surface area contributed by atoms with E-state index in [2.05, 4.69) is 21.3 Å². The molecule has 3 heterocycles. The van der Waals surface area contributed by atoms with Crippen LogP contribution in [0.2, 0.25) is 0 Å². The predicted molar refractivity (Wildman–Crippen MR) is 132 cm³/mol. The fourth-order valence-corrected chi connectivity index (χ4v) is 5.05. The summed E-state index contributed by atoms with van der Waals surface area (Å²) in [6.07, 6.45) is 3.79. The number of nitrogens with zero attached hydrogens (tertiary/aromatic N) is 3. The van der Waals surface area contributed by atoms with Crippen LogP contribution in [0.25, 0.3) is 5.76 Å². The van der Waals surface area contributed by atoms with Crippen LogP contribution in [0.4, 0.5) is 11.5 Å². The number of hydroxylamine groups is 2. The van der Waals surface area contributed by atoms with E-state index < -0.39 is 15.4 Å². The lowest BCUT2D eigenvalue weighted by Gasteiger charge is -2.45. The van der Waals surface area contributed by atoms with Crippen molar-refractivity contribution in [1.82, 2.24) is 9.63 Å². The van der Waals surface area contributed by atoms with Gasteiger partial charge in [0.1, 0.15) is 29.6 Å². The Kier molecular flexibility index (Phi) is 6.21. The number of benzene rings is 1. The van der Waals surface area contributed by atoms with Crippen molar-refractivity contribution < 1.29 is 18.9 Å². The number of hydrogen-bond acceptors (Lipinski definition) is 8. The van der Waals surface area contributed by atoms with Crippen LogP contribution in [0, 0.1) is 11.1 Å². The number of rotatable bonds is 7. The molecule has 2 aromatic rings. The minimum absolute atomic E-state index is 0.0529. The van der Waals surface area contributed by atoms with Crippen molar-refractivity contribution in [3.05, 3.63) is 65.5 Å². The van der Waals surface area contributed by atoms with Gasteiger partial charge in [0.15, 0.2) is 5.84 Å². The molecular weight excluding hydrogens is 444 g/mol. The molecule has 1 aromatic carbocycles. The number of quaternary nitrogens is 1. The molecule has 2 aliphatic rings. The summed E-state index contributed by atoms with van der Waals surface area (Å²) in [5.41, 5.74) is 0.943. The van der Waals surface area contributed by atoms with Crippen molar-refractivity contribution >= 4 is 33.9 Å². The van der Waals surface area contributed by atoms with Crippen LogP contribution in [0.1, 0.15) is 25.8 Å². The van der Waals surface area contributed by atoms with Gasteiger partial charge in [0.2, 0.25) is 5.82 Å². The lowest BCUT2D eigenvalue weighted by Crippen LogP contribution is -2.50. The zero-order chi connectivity index (χ0) is 23.8. The molecule has 9 nitrogen and oxygen atoms in total. The Morgan fingerprint density at radius 2 is 2.12 bits per heavy atom. The largest absolute Gasteiger partial charge is 0.626 e. The highest BCUT2D eigenvalue weighted by Crippen LogP contribution is 2.56. The summed E-state index contributed by atoms with van der Waals surface area (Å²) in [5.74, 6) is 0.898. The Balaban J connectivity index is 1.75. The monoisotopic (exact) mass is 472 g/mol. The smallest absolute Gasteiger partial charge is 0.238 e. The first-order valence-electron chi connectivity index (χ1n) is 10.6. The average molecular weight is 473 g/mol. The Hall–Kier alpha value is -2.89. The van der Waals surface area contributed by atoms with Gasteiger partial charge in [-0.2, -0.15) is 0 Å². The van der Waals surface area contributed by atoms with E-state index in [9.17, 15) is 19.4 Å². The second-order valence-electron chi connectivity index (χ2n) is 8.50. The highest BCUT2D eigenvalue weighted by molar-refractivity contribution is 8.23. The standard InChI is InChI=1S/C23H28N4O5S/c1-4-12-32-16-7-8-19-20(13-16)33(30,31)26-22(25-19)18-14-27(29,11-9-15(2)3)23-17(21(18)28)6-5-10-24-23/h4-8,10,13,15,28,30-31H,1,9,11-12,14H2,2-3H3,(H,25,26). The fraction of sp³-hybridized carbons (Fsp3) is 0.304. The molecule has 0 saturated heterocycles. The summed E-state index contributed by atoms with van der Waals surface area (Å²) >= 11 is 0. The molecule has 10 heteroatoms. The van der Waals surface area contributed by atoms with E-state index in [1.165, 1.54) is 12.3 Å². The van der Waals surface area contributed by atoms with Crippen LogP contribution in [0.3, 0.4) is 0 Å². The number of anilines is 1. The lowest BCUT2D eigenvalue weighted by molar-refractivity contribution is 0.348. The quantitative estimate of drug-likeness (QED) is 0.243. The van der Waals surface area contributed by atoms with Gasteiger partial charge in [-0.15, -0.1) is 4.40 Å². The van der Waals surface area contributed by atoms with Gasteiger partial charge in [0.05, 0.1) is 23.4 Å². The van der Waals surface area contributed by atoms with Crippen molar-refractivity contribution in [1.29, 1.82) is 0 Å². The highest BCUT2D eigenvalue weighted by atomic mass is 32.3. The summed E-state index contributed by atoms with van der Waals surface area (Å²) in [5, 5.41) is 28.0. The summed E-state index contributed by atoms with van der Waals surface area (Å²) < 4.78 is 30.4. The van der Waals surface area contributed by atoms with E-state index in [0.717, 1.165) is 0 Å². The van der Waals surface area contributed by atoms with E-state index in [0.29, 0.717) is 29.3 Å².